The maximum atomic E-state index is 15.7. The summed E-state index contributed by atoms with van der Waals surface area (Å²) >= 11 is 0. The molecule has 1 aliphatic carbocycles. The predicted octanol–water partition coefficient (Wildman–Crippen LogP) is 6.55. The number of anilines is 1. The first-order valence-electron chi connectivity index (χ1n) is 18.5. The van der Waals surface area contributed by atoms with E-state index in [1.807, 2.05) is 13.8 Å². The van der Waals surface area contributed by atoms with Gasteiger partial charge in [0.05, 0.1) is 25.0 Å². The lowest BCUT2D eigenvalue weighted by Crippen LogP contribution is -2.26. The van der Waals surface area contributed by atoms with E-state index < -0.39 is 18.2 Å². The number of aliphatic hydroxyl groups is 2. The van der Waals surface area contributed by atoms with Crippen molar-refractivity contribution in [2.75, 3.05) is 44.4 Å². The molecule has 2 saturated heterocycles. The summed E-state index contributed by atoms with van der Waals surface area (Å²) < 4.78 is 39.3. The van der Waals surface area contributed by atoms with Gasteiger partial charge in [-0.25, -0.2) is 4.39 Å². The van der Waals surface area contributed by atoms with Crippen molar-refractivity contribution in [3.63, 3.8) is 0 Å². The van der Waals surface area contributed by atoms with Gasteiger partial charge in [0.1, 0.15) is 0 Å². The number of aryl methyl sites for hydroxylation is 1. The van der Waals surface area contributed by atoms with Gasteiger partial charge in [0, 0.05) is 61.0 Å². The van der Waals surface area contributed by atoms with Crippen LogP contribution in [0.5, 0.6) is 5.75 Å². The SMILES string of the molecule is Cc1nc2c(c(-c3cc(F)c4c(c3C)CCCO4)c1CC(O)OCCC(C)O)C=C(c1nnc(N3CCCC(C4CCOCC4)CC3)o1)C2C. The largest absolute Gasteiger partial charge is 0.490 e. The minimum atomic E-state index is -1.13. The lowest BCUT2D eigenvalue weighted by atomic mass is 9.81. The van der Waals surface area contributed by atoms with Gasteiger partial charge >= 0.3 is 6.01 Å². The quantitative estimate of drug-likeness (QED) is 0.227. The summed E-state index contributed by atoms with van der Waals surface area (Å²) in [7, 11) is 0. The second-order valence-corrected chi connectivity index (χ2v) is 14.6. The van der Waals surface area contributed by atoms with Crippen molar-refractivity contribution in [3.8, 4) is 16.9 Å². The monoisotopic (exact) mass is 690 g/mol. The molecule has 10 nitrogen and oxygen atoms in total. The van der Waals surface area contributed by atoms with Gasteiger partial charge in [-0.2, -0.15) is 0 Å². The first kappa shape index (κ1) is 35.0. The third kappa shape index (κ3) is 7.07. The Hall–Kier alpha value is -3.38. The fraction of sp³-hybridized carbons (Fsp3) is 0.615. The molecule has 5 heterocycles. The van der Waals surface area contributed by atoms with Gasteiger partial charge in [0.15, 0.2) is 17.9 Å². The van der Waals surface area contributed by atoms with Gasteiger partial charge in [-0.3, -0.25) is 4.98 Å². The van der Waals surface area contributed by atoms with Crippen molar-refractivity contribution in [3.05, 3.63) is 51.4 Å². The second-order valence-electron chi connectivity index (χ2n) is 14.6. The zero-order valence-corrected chi connectivity index (χ0v) is 29.8. The predicted molar refractivity (Wildman–Crippen MR) is 189 cm³/mol. The Kier molecular flexibility index (Phi) is 10.6. The molecule has 4 atom stereocenters. The summed E-state index contributed by atoms with van der Waals surface area (Å²) in [5.74, 6) is 1.69. The van der Waals surface area contributed by atoms with E-state index in [-0.39, 0.29) is 18.9 Å². The molecule has 2 aromatic heterocycles. The minimum Gasteiger partial charge on any atom is -0.490 e. The molecule has 0 amide bonds. The number of hydrogen-bond donors (Lipinski definition) is 2. The van der Waals surface area contributed by atoms with Crippen LogP contribution in [0.4, 0.5) is 10.4 Å². The molecule has 270 valence electrons. The fourth-order valence-corrected chi connectivity index (χ4v) is 8.45. The first-order chi connectivity index (χ1) is 24.2. The number of ether oxygens (including phenoxy) is 3. The summed E-state index contributed by atoms with van der Waals surface area (Å²) in [5, 5.41) is 29.8. The maximum Gasteiger partial charge on any atom is 0.318 e. The number of allylic oxidation sites excluding steroid dienone is 1. The molecule has 4 unspecified atom stereocenters. The van der Waals surface area contributed by atoms with E-state index in [0.29, 0.717) is 36.6 Å². The zero-order valence-electron chi connectivity index (χ0n) is 29.8. The van der Waals surface area contributed by atoms with E-state index in [1.54, 1.807) is 13.0 Å². The van der Waals surface area contributed by atoms with Crippen LogP contribution in [0.2, 0.25) is 0 Å². The van der Waals surface area contributed by atoms with Crippen LogP contribution in [0, 0.1) is 31.5 Å². The normalized spacial score (nSPS) is 22.4. The van der Waals surface area contributed by atoms with Crippen LogP contribution >= 0.6 is 0 Å². The van der Waals surface area contributed by atoms with E-state index in [1.165, 1.54) is 6.42 Å². The van der Waals surface area contributed by atoms with Crippen LogP contribution in [-0.4, -0.2) is 77.3 Å². The number of nitrogens with zero attached hydrogens (tertiary/aromatic N) is 4. The fourth-order valence-electron chi connectivity index (χ4n) is 8.45. The summed E-state index contributed by atoms with van der Waals surface area (Å²) in [6.07, 6.45) is 8.23. The second kappa shape index (κ2) is 15.1. The van der Waals surface area contributed by atoms with Crippen LogP contribution in [-0.2, 0) is 22.3 Å². The third-order valence-corrected chi connectivity index (χ3v) is 11.3. The molecule has 7 rings (SSSR count). The number of hydrogen-bond acceptors (Lipinski definition) is 10. The van der Waals surface area contributed by atoms with Gasteiger partial charge in [-0.05, 0) is 118 Å². The molecule has 2 fully saturated rings. The molecule has 0 saturated carbocycles. The molecule has 0 bridgehead atoms. The van der Waals surface area contributed by atoms with E-state index in [0.717, 1.165) is 121 Å². The Bertz CT molecular complexity index is 1720. The number of benzene rings is 1. The number of fused-ring (bicyclic) bond motifs is 2. The van der Waals surface area contributed by atoms with Crippen LogP contribution in [0.1, 0.15) is 104 Å². The highest BCUT2D eigenvalue weighted by Crippen LogP contribution is 2.48. The summed E-state index contributed by atoms with van der Waals surface area (Å²) in [4.78, 5) is 7.30. The van der Waals surface area contributed by atoms with Crippen LogP contribution in [0.25, 0.3) is 22.8 Å². The van der Waals surface area contributed by atoms with Gasteiger partial charge in [0.25, 0.3) is 0 Å². The van der Waals surface area contributed by atoms with Gasteiger partial charge in [-0.1, -0.05) is 12.0 Å². The molecule has 2 N–H and O–H groups in total. The molecule has 3 aromatic rings. The van der Waals surface area contributed by atoms with Crippen molar-refractivity contribution in [1.82, 2.24) is 15.2 Å². The number of aromatic nitrogens is 3. The topological polar surface area (TPSA) is 123 Å². The maximum absolute atomic E-state index is 15.7. The Morgan fingerprint density at radius 2 is 1.84 bits per heavy atom. The summed E-state index contributed by atoms with van der Waals surface area (Å²) in [6.45, 7) is 12.0. The lowest BCUT2D eigenvalue weighted by molar-refractivity contribution is -0.103. The molecule has 50 heavy (non-hydrogen) atoms. The third-order valence-electron chi connectivity index (χ3n) is 11.3. The number of aliphatic hydroxyl groups excluding tert-OH is 2. The molecular weight excluding hydrogens is 639 g/mol. The smallest absolute Gasteiger partial charge is 0.318 e. The highest BCUT2D eigenvalue weighted by atomic mass is 19.1. The first-order valence-corrected chi connectivity index (χ1v) is 18.5. The highest BCUT2D eigenvalue weighted by molar-refractivity contribution is 5.95. The van der Waals surface area contributed by atoms with Gasteiger partial charge < -0.3 is 33.7 Å². The van der Waals surface area contributed by atoms with Crippen LogP contribution in [0.15, 0.2) is 10.5 Å². The van der Waals surface area contributed by atoms with E-state index in [9.17, 15) is 10.2 Å². The summed E-state index contributed by atoms with van der Waals surface area (Å²) in [6, 6.07) is 2.11. The van der Waals surface area contributed by atoms with Crippen LogP contribution < -0.4 is 9.64 Å². The van der Waals surface area contributed by atoms with Gasteiger partial charge in [-0.15, -0.1) is 5.10 Å². The molecule has 0 spiro atoms. The van der Waals surface area contributed by atoms with E-state index in [4.69, 9.17) is 23.6 Å². The molecule has 4 aliphatic rings. The van der Waals surface area contributed by atoms with E-state index >= 15 is 4.39 Å². The van der Waals surface area contributed by atoms with Crippen molar-refractivity contribution >= 4 is 17.7 Å². The van der Waals surface area contributed by atoms with Crippen molar-refractivity contribution < 1.29 is 33.2 Å². The highest BCUT2D eigenvalue weighted by Gasteiger charge is 2.35. The zero-order chi connectivity index (χ0) is 34.9. The Morgan fingerprint density at radius 1 is 1.04 bits per heavy atom. The van der Waals surface area contributed by atoms with Gasteiger partial charge in [0.2, 0.25) is 5.89 Å². The number of halogens is 1. The Balaban J connectivity index is 1.23. The molecule has 1 aromatic carbocycles. The number of pyridine rings is 1. The standard InChI is InChI=1S/C39H51FN4O6/c1-22(45)10-18-48-34(46)21-31-25(4)41-36-24(3)30(19-32(36)35(31)29-20-33(40)37-28(23(29)2)8-6-15-49-37)38-42-43-39(50-38)44-13-5-7-26(9-14-44)27-11-16-47-17-12-27/h19-20,22,24,26-27,34,45-46H,5-18,21H2,1-4H3. The van der Waals surface area contributed by atoms with E-state index in [2.05, 4.69) is 28.1 Å². The number of rotatable bonds is 10. The summed E-state index contributed by atoms with van der Waals surface area (Å²) in [5.41, 5.74) is 7.50. The Morgan fingerprint density at radius 3 is 2.64 bits per heavy atom. The molecular formula is C39H51FN4O6. The lowest BCUT2D eigenvalue weighted by Gasteiger charge is -2.29. The molecule has 3 aliphatic heterocycles. The minimum absolute atomic E-state index is 0.148. The van der Waals surface area contributed by atoms with Crippen LogP contribution in [0.3, 0.4) is 0 Å². The average Bonchev–Trinajstić information content (AvgIpc) is 3.63. The molecule has 11 heteroatoms. The Labute approximate surface area is 294 Å². The van der Waals surface area contributed by atoms with Crippen molar-refractivity contribution in [2.45, 2.75) is 104 Å². The average molecular weight is 691 g/mol. The van der Waals surface area contributed by atoms with Crippen molar-refractivity contribution in [2.24, 2.45) is 11.8 Å². The molecule has 0 radical (unpaired) electrons. The van der Waals surface area contributed by atoms with Crippen molar-refractivity contribution in [1.29, 1.82) is 0 Å².